The molecule has 0 fully saturated rings. The molecule has 29 heavy (non-hydrogen) atoms. The largest absolute Gasteiger partial charge is 0.312 e. The number of benzene rings is 1. The Hall–Kier alpha value is -1.71. The summed E-state index contributed by atoms with van der Waals surface area (Å²) in [5.41, 5.74) is 3.82. The molecule has 1 aliphatic heterocycles. The van der Waals surface area contributed by atoms with Crippen molar-refractivity contribution in [2.45, 2.75) is 81.2 Å². The maximum Gasteiger partial charge on any atom is 0.0702 e. The van der Waals surface area contributed by atoms with Crippen LogP contribution in [-0.2, 0) is 13.0 Å². The third-order valence-corrected chi connectivity index (χ3v) is 5.59. The van der Waals surface area contributed by atoms with Crippen molar-refractivity contribution in [3.8, 4) is 0 Å². The summed E-state index contributed by atoms with van der Waals surface area (Å²) in [6.45, 7) is 20.8. The molecule has 0 bridgehead atoms. The smallest absolute Gasteiger partial charge is 0.0702 e. The summed E-state index contributed by atoms with van der Waals surface area (Å²) < 4.78 is 0. The van der Waals surface area contributed by atoms with Gasteiger partial charge in [-0.15, -0.1) is 11.3 Å². The Morgan fingerprint density at radius 1 is 0.966 bits per heavy atom. The average molecular weight is 415 g/mol. The lowest BCUT2D eigenvalue weighted by atomic mass is 10.1. The molecule has 1 N–H and O–H groups in total. The standard InChI is InChI=1S/C10H15NS.C10H9N.3C2H6/c1-7(2)10-5-8-6-11-4-3-9(8)12-10;1-8-6-9-4-2-3-5-10(9)11-7-8;3*1-2/h5,7,11H,3-4,6H2,1-2H3;2-7H,1H3;3*1-2H3. The molecular formula is C26H42N2S. The van der Waals surface area contributed by atoms with E-state index >= 15 is 0 Å². The summed E-state index contributed by atoms with van der Waals surface area (Å²) in [4.78, 5) is 7.43. The maximum absolute atomic E-state index is 4.28. The maximum atomic E-state index is 4.28. The minimum Gasteiger partial charge on any atom is -0.312 e. The molecule has 0 saturated heterocycles. The van der Waals surface area contributed by atoms with Crippen molar-refractivity contribution >= 4 is 22.2 Å². The Morgan fingerprint density at radius 2 is 1.62 bits per heavy atom. The zero-order chi connectivity index (χ0) is 22.2. The van der Waals surface area contributed by atoms with E-state index in [-0.39, 0.29) is 0 Å². The van der Waals surface area contributed by atoms with Crippen LogP contribution in [0.3, 0.4) is 0 Å². The molecule has 3 heterocycles. The fourth-order valence-corrected chi connectivity index (χ4v) is 3.93. The topological polar surface area (TPSA) is 24.9 Å². The number of hydrogen-bond donors (Lipinski definition) is 1. The molecule has 2 nitrogen and oxygen atoms in total. The number of hydrogen-bond acceptors (Lipinski definition) is 3. The van der Waals surface area contributed by atoms with Crippen LogP contribution in [0.1, 0.15) is 82.2 Å². The zero-order valence-electron chi connectivity index (χ0n) is 20.1. The van der Waals surface area contributed by atoms with E-state index in [1.807, 2.05) is 77.3 Å². The minimum atomic E-state index is 0.695. The van der Waals surface area contributed by atoms with Crippen LogP contribution in [0.5, 0.6) is 0 Å². The lowest BCUT2D eigenvalue weighted by molar-refractivity contribution is 0.652. The number of rotatable bonds is 1. The lowest BCUT2D eigenvalue weighted by Crippen LogP contribution is -2.21. The first-order chi connectivity index (χ1) is 14.1. The highest BCUT2D eigenvalue weighted by Crippen LogP contribution is 2.30. The van der Waals surface area contributed by atoms with E-state index < -0.39 is 0 Å². The summed E-state index contributed by atoms with van der Waals surface area (Å²) in [5.74, 6) is 0.695. The van der Waals surface area contributed by atoms with Gasteiger partial charge in [0.25, 0.3) is 0 Å². The van der Waals surface area contributed by atoms with Crippen molar-refractivity contribution in [2.75, 3.05) is 6.54 Å². The number of thiophene rings is 1. The number of aromatic nitrogens is 1. The Balaban J connectivity index is 0.000000432. The molecule has 0 atom stereocenters. The van der Waals surface area contributed by atoms with E-state index in [9.17, 15) is 0 Å². The van der Waals surface area contributed by atoms with Crippen LogP contribution in [0, 0.1) is 6.92 Å². The van der Waals surface area contributed by atoms with Gasteiger partial charge in [0.15, 0.2) is 0 Å². The summed E-state index contributed by atoms with van der Waals surface area (Å²) >= 11 is 2.00. The SMILES string of the molecule is CC.CC.CC.CC(C)c1cc2c(s1)CCNC2.Cc1cnc2ccccc2c1. The minimum absolute atomic E-state index is 0.695. The van der Waals surface area contributed by atoms with Crippen molar-refractivity contribution in [3.63, 3.8) is 0 Å². The normalized spacial score (nSPS) is 11.4. The fraction of sp³-hybridized carbons (Fsp3) is 0.500. The average Bonchev–Trinajstić information content (AvgIpc) is 3.23. The van der Waals surface area contributed by atoms with Crippen molar-refractivity contribution in [1.82, 2.24) is 10.3 Å². The van der Waals surface area contributed by atoms with Crippen LogP contribution in [0.2, 0.25) is 0 Å². The van der Waals surface area contributed by atoms with Crippen LogP contribution < -0.4 is 5.32 Å². The molecule has 3 aromatic rings. The molecule has 0 aliphatic carbocycles. The van der Waals surface area contributed by atoms with Crippen LogP contribution in [-0.4, -0.2) is 11.5 Å². The van der Waals surface area contributed by atoms with Crippen LogP contribution in [0.25, 0.3) is 10.9 Å². The van der Waals surface area contributed by atoms with Gasteiger partial charge in [-0.2, -0.15) is 0 Å². The molecule has 0 saturated carbocycles. The van der Waals surface area contributed by atoms with Gasteiger partial charge >= 0.3 is 0 Å². The number of para-hydroxylation sites is 1. The van der Waals surface area contributed by atoms with Gasteiger partial charge in [0.05, 0.1) is 5.52 Å². The van der Waals surface area contributed by atoms with E-state index in [1.165, 1.54) is 22.9 Å². The zero-order valence-corrected chi connectivity index (χ0v) is 20.9. The number of nitrogens with zero attached hydrogens (tertiary/aromatic N) is 1. The van der Waals surface area contributed by atoms with Crippen molar-refractivity contribution in [2.24, 2.45) is 0 Å². The molecular weight excluding hydrogens is 372 g/mol. The molecule has 1 aliphatic rings. The van der Waals surface area contributed by atoms with E-state index in [0.29, 0.717) is 5.92 Å². The van der Waals surface area contributed by atoms with Gasteiger partial charge in [-0.05, 0) is 48.6 Å². The van der Waals surface area contributed by atoms with Crippen molar-refractivity contribution in [1.29, 1.82) is 0 Å². The second kappa shape index (κ2) is 16.1. The summed E-state index contributed by atoms with van der Waals surface area (Å²) in [6.07, 6.45) is 3.12. The first kappa shape index (κ1) is 27.3. The Morgan fingerprint density at radius 3 is 2.24 bits per heavy atom. The summed E-state index contributed by atoms with van der Waals surface area (Å²) in [7, 11) is 0. The molecule has 162 valence electrons. The van der Waals surface area contributed by atoms with Crippen molar-refractivity contribution in [3.05, 3.63) is 63.5 Å². The third kappa shape index (κ3) is 9.10. The van der Waals surface area contributed by atoms with Crippen LogP contribution in [0.4, 0.5) is 0 Å². The van der Waals surface area contributed by atoms with E-state index in [0.717, 1.165) is 18.6 Å². The van der Waals surface area contributed by atoms with Gasteiger partial charge in [-0.3, -0.25) is 4.98 Å². The Bertz CT molecular complexity index is 767. The van der Waals surface area contributed by atoms with Crippen molar-refractivity contribution < 1.29 is 0 Å². The van der Waals surface area contributed by atoms with Gasteiger partial charge in [-0.1, -0.05) is 73.6 Å². The van der Waals surface area contributed by atoms with Gasteiger partial charge in [0.2, 0.25) is 0 Å². The van der Waals surface area contributed by atoms with E-state index in [1.54, 1.807) is 9.75 Å². The quantitative estimate of drug-likeness (QED) is 0.434. The first-order valence-corrected chi connectivity index (χ1v) is 12.1. The van der Waals surface area contributed by atoms with Crippen LogP contribution in [0.15, 0.2) is 42.6 Å². The molecule has 0 unspecified atom stereocenters. The predicted octanol–water partition coefficient (Wildman–Crippen LogP) is 8.14. The molecule has 1 aromatic carbocycles. The fourth-order valence-electron chi connectivity index (χ4n) is 2.74. The highest BCUT2D eigenvalue weighted by molar-refractivity contribution is 7.12. The third-order valence-electron chi connectivity index (χ3n) is 4.06. The van der Waals surface area contributed by atoms with Gasteiger partial charge in [-0.25, -0.2) is 0 Å². The first-order valence-electron chi connectivity index (χ1n) is 11.3. The molecule has 0 radical (unpaired) electrons. The molecule has 0 spiro atoms. The Labute approximate surface area is 183 Å². The van der Waals surface area contributed by atoms with Gasteiger partial charge in [0.1, 0.15) is 0 Å². The second-order valence-electron chi connectivity index (χ2n) is 6.38. The number of fused-ring (bicyclic) bond motifs is 2. The molecule has 0 amide bonds. The summed E-state index contributed by atoms with van der Waals surface area (Å²) in [6, 6.07) is 12.7. The number of aryl methyl sites for hydroxylation is 1. The number of pyridine rings is 1. The van der Waals surface area contributed by atoms with E-state index in [2.05, 4.69) is 49.3 Å². The summed E-state index contributed by atoms with van der Waals surface area (Å²) in [5, 5.41) is 4.62. The molecule has 2 aromatic heterocycles. The molecule has 4 rings (SSSR count). The lowest BCUT2D eigenvalue weighted by Gasteiger charge is -2.10. The number of nitrogens with one attached hydrogen (secondary N) is 1. The Kier molecular flexibility index (Phi) is 15.2. The highest BCUT2D eigenvalue weighted by atomic mass is 32.1. The van der Waals surface area contributed by atoms with Gasteiger partial charge in [0, 0.05) is 34.4 Å². The van der Waals surface area contributed by atoms with Crippen LogP contribution >= 0.6 is 11.3 Å². The van der Waals surface area contributed by atoms with E-state index in [4.69, 9.17) is 0 Å². The molecule has 3 heteroatoms. The van der Waals surface area contributed by atoms with Gasteiger partial charge < -0.3 is 5.32 Å². The highest BCUT2D eigenvalue weighted by Gasteiger charge is 2.13. The second-order valence-corrected chi connectivity index (χ2v) is 7.55. The predicted molar refractivity (Wildman–Crippen MR) is 134 cm³/mol. The monoisotopic (exact) mass is 414 g/mol.